The molecular weight excluding hydrogens is 300 g/mol. The first-order valence-corrected chi connectivity index (χ1v) is 7.08. The van der Waals surface area contributed by atoms with Crippen LogP contribution >= 0.6 is 27.7 Å². The van der Waals surface area contributed by atoms with Crippen molar-refractivity contribution < 1.29 is 4.52 Å². The molecule has 0 amide bonds. The maximum absolute atomic E-state index is 5.70. The zero-order valence-corrected chi connectivity index (χ0v) is 11.4. The molecular formula is C12H11BrN2OS. The van der Waals surface area contributed by atoms with Gasteiger partial charge in [-0.3, -0.25) is 0 Å². The van der Waals surface area contributed by atoms with E-state index in [1.165, 1.54) is 17.7 Å². The first-order chi connectivity index (χ1) is 8.24. The Morgan fingerprint density at radius 1 is 1.41 bits per heavy atom. The highest BCUT2D eigenvalue weighted by molar-refractivity contribution is 9.10. The van der Waals surface area contributed by atoms with Crippen LogP contribution in [0, 0.1) is 0 Å². The largest absolute Gasteiger partial charge is 0.367 e. The van der Waals surface area contributed by atoms with Gasteiger partial charge in [0, 0.05) is 14.6 Å². The lowest BCUT2D eigenvalue weighted by Gasteiger charge is -2.05. The molecule has 17 heavy (non-hydrogen) atoms. The highest BCUT2D eigenvalue weighted by Crippen LogP contribution is 2.43. The summed E-state index contributed by atoms with van der Waals surface area (Å²) in [6.07, 6.45) is 4.31. The van der Waals surface area contributed by atoms with Crippen molar-refractivity contribution in [1.82, 2.24) is 5.16 Å². The molecule has 0 aliphatic heterocycles. The second-order valence-electron chi connectivity index (χ2n) is 4.07. The van der Waals surface area contributed by atoms with Crippen molar-refractivity contribution in [2.75, 3.05) is 5.73 Å². The molecule has 5 heteroatoms. The predicted molar refractivity (Wildman–Crippen MR) is 72.9 cm³/mol. The molecule has 3 nitrogen and oxygen atoms in total. The van der Waals surface area contributed by atoms with Crippen molar-refractivity contribution in [2.45, 2.75) is 23.0 Å². The Bertz CT molecular complexity index is 551. The van der Waals surface area contributed by atoms with E-state index in [1.807, 2.05) is 11.8 Å². The van der Waals surface area contributed by atoms with Crippen LogP contribution in [0.25, 0.3) is 11.1 Å². The Morgan fingerprint density at radius 3 is 2.82 bits per heavy atom. The fourth-order valence-electron chi connectivity index (χ4n) is 1.59. The number of nitrogens with two attached hydrogens (primary N) is 1. The Morgan fingerprint density at radius 2 is 2.24 bits per heavy atom. The maximum Gasteiger partial charge on any atom is 0.229 e. The van der Waals surface area contributed by atoms with Crippen LogP contribution in [-0.2, 0) is 0 Å². The van der Waals surface area contributed by atoms with Crippen LogP contribution in [0.1, 0.15) is 12.8 Å². The fraction of sp³-hybridized carbons (Fsp3) is 0.250. The monoisotopic (exact) mass is 310 g/mol. The Kier molecular flexibility index (Phi) is 2.88. The van der Waals surface area contributed by atoms with Crippen LogP contribution in [-0.4, -0.2) is 10.4 Å². The van der Waals surface area contributed by atoms with Gasteiger partial charge in [0.25, 0.3) is 0 Å². The fourth-order valence-corrected chi connectivity index (χ4v) is 3.30. The number of rotatable bonds is 3. The van der Waals surface area contributed by atoms with E-state index in [4.69, 9.17) is 10.3 Å². The number of hydrogen-bond acceptors (Lipinski definition) is 4. The summed E-state index contributed by atoms with van der Waals surface area (Å²) in [6.45, 7) is 0. The zero-order valence-electron chi connectivity index (χ0n) is 9.02. The lowest BCUT2D eigenvalue weighted by molar-refractivity contribution is 0.436. The molecule has 0 spiro atoms. The quantitative estimate of drug-likeness (QED) is 0.933. The topological polar surface area (TPSA) is 52.0 Å². The Balaban J connectivity index is 1.92. The van der Waals surface area contributed by atoms with Crippen molar-refractivity contribution in [2.24, 2.45) is 0 Å². The maximum atomic E-state index is 5.70. The summed E-state index contributed by atoms with van der Waals surface area (Å²) in [5, 5.41) is 4.49. The molecule has 2 aromatic rings. The van der Waals surface area contributed by atoms with Crippen LogP contribution in [0.3, 0.4) is 0 Å². The van der Waals surface area contributed by atoms with Crippen LogP contribution < -0.4 is 5.73 Å². The molecule has 1 aliphatic rings. The molecule has 0 saturated heterocycles. The van der Waals surface area contributed by atoms with Gasteiger partial charge in [-0.1, -0.05) is 11.2 Å². The van der Waals surface area contributed by atoms with Crippen molar-refractivity contribution in [3.8, 4) is 11.1 Å². The highest BCUT2D eigenvalue weighted by atomic mass is 79.9. The molecule has 0 radical (unpaired) electrons. The number of hydrogen-bond donors (Lipinski definition) is 1. The summed E-state index contributed by atoms with van der Waals surface area (Å²) < 4.78 is 5.98. The number of thioether (sulfide) groups is 1. The molecule has 1 heterocycles. The number of aromatic nitrogens is 1. The van der Waals surface area contributed by atoms with E-state index in [-0.39, 0.29) is 0 Å². The average molecular weight is 311 g/mol. The third-order valence-corrected chi connectivity index (χ3v) is 4.99. The van der Waals surface area contributed by atoms with E-state index in [2.05, 4.69) is 39.3 Å². The Hall–Kier alpha value is -0.940. The van der Waals surface area contributed by atoms with Gasteiger partial charge in [-0.05, 0) is 46.5 Å². The minimum atomic E-state index is 0.361. The van der Waals surface area contributed by atoms with Crippen molar-refractivity contribution in [3.05, 3.63) is 28.9 Å². The smallest absolute Gasteiger partial charge is 0.229 e. The third-order valence-electron chi connectivity index (χ3n) is 2.66. The van der Waals surface area contributed by atoms with Gasteiger partial charge >= 0.3 is 0 Å². The lowest BCUT2D eigenvalue weighted by atomic mass is 10.1. The summed E-state index contributed by atoms with van der Waals surface area (Å²) in [4.78, 5) is 1.28. The van der Waals surface area contributed by atoms with Gasteiger partial charge in [-0.25, -0.2) is 0 Å². The van der Waals surface area contributed by atoms with Crippen LogP contribution in [0.15, 0.2) is 38.3 Å². The average Bonchev–Trinajstić information content (AvgIpc) is 3.02. The summed E-state index contributed by atoms with van der Waals surface area (Å²) >= 11 is 5.53. The second-order valence-corrected chi connectivity index (χ2v) is 6.26. The molecule has 88 valence electrons. The van der Waals surface area contributed by atoms with E-state index < -0.39 is 0 Å². The predicted octanol–water partition coefficient (Wildman–Crippen LogP) is 3.94. The molecule has 1 aliphatic carbocycles. The number of anilines is 1. The number of benzene rings is 1. The van der Waals surface area contributed by atoms with Gasteiger partial charge in [-0.2, -0.15) is 0 Å². The van der Waals surface area contributed by atoms with Gasteiger partial charge in [0.1, 0.15) is 0 Å². The lowest BCUT2D eigenvalue weighted by Crippen LogP contribution is -1.86. The van der Waals surface area contributed by atoms with Crippen LogP contribution in [0.4, 0.5) is 5.88 Å². The van der Waals surface area contributed by atoms with Crippen LogP contribution in [0.2, 0.25) is 0 Å². The normalized spacial score (nSPS) is 15.1. The summed E-state index contributed by atoms with van der Waals surface area (Å²) in [6, 6.07) is 6.24. The molecule has 1 saturated carbocycles. The molecule has 0 atom stereocenters. The number of halogens is 1. The summed E-state index contributed by atoms with van der Waals surface area (Å²) in [5.41, 5.74) is 7.57. The molecule has 1 aromatic carbocycles. The summed E-state index contributed by atoms with van der Waals surface area (Å²) in [7, 11) is 0. The summed E-state index contributed by atoms with van der Waals surface area (Å²) in [5.74, 6) is 0.361. The van der Waals surface area contributed by atoms with Gasteiger partial charge in [0.15, 0.2) is 0 Å². The van der Waals surface area contributed by atoms with Crippen molar-refractivity contribution in [1.29, 1.82) is 0 Å². The molecule has 2 N–H and O–H groups in total. The molecule has 1 aromatic heterocycles. The van der Waals surface area contributed by atoms with Gasteiger partial charge in [0.05, 0.1) is 11.8 Å². The first-order valence-electron chi connectivity index (χ1n) is 5.41. The van der Waals surface area contributed by atoms with Gasteiger partial charge < -0.3 is 10.3 Å². The minimum Gasteiger partial charge on any atom is -0.367 e. The number of nitrogen functional groups attached to an aromatic ring is 1. The zero-order chi connectivity index (χ0) is 11.8. The second kappa shape index (κ2) is 4.38. The van der Waals surface area contributed by atoms with Crippen molar-refractivity contribution >= 4 is 33.6 Å². The van der Waals surface area contributed by atoms with E-state index >= 15 is 0 Å². The molecule has 0 unspecified atom stereocenters. The van der Waals surface area contributed by atoms with Gasteiger partial charge in [0.2, 0.25) is 5.88 Å². The van der Waals surface area contributed by atoms with E-state index in [9.17, 15) is 0 Å². The molecule has 0 bridgehead atoms. The minimum absolute atomic E-state index is 0.361. The van der Waals surface area contributed by atoms with E-state index in [0.29, 0.717) is 5.88 Å². The Labute approximate surface area is 112 Å². The molecule has 3 rings (SSSR count). The van der Waals surface area contributed by atoms with Gasteiger partial charge in [-0.15, -0.1) is 11.8 Å². The van der Waals surface area contributed by atoms with Crippen molar-refractivity contribution in [3.63, 3.8) is 0 Å². The number of nitrogens with zero attached hydrogens (tertiary/aromatic N) is 1. The van der Waals surface area contributed by atoms with Crippen LogP contribution in [0.5, 0.6) is 0 Å². The van der Waals surface area contributed by atoms with E-state index in [1.54, 1.807) is 6.20 Å². The SMILES string of the molecule is Nc1oncc1-c1ccc(SC2CC2)c(Br)c1. The highest BCUT2D eigenvalue weighted by Gasteiger charge is 2.23. The third kappa shape index (κ3) is 2.35. The standard InChI is InChI=1S/C12H11BrN2OS/c13-10-5-7(9-6-15-16-12(9)14)1-4-11(10)17-8-2-3-8/h1,4-6,8H,2-3,14H2. The van der Waals surface area contributed by atoms with E-state index in [0.717, 1.165) is 20.8 Å². The molecule has 1 fully saturated rings. The first kappa shape index (κ1) is 11.2.